The molecule has 1 atom stereocenters. The fourth-order valence-electron chi connectivity index (χ4n) is 3.16. The lowest BCUT2D eigenvalue weighted by Crippen LogP contribution is -2.50. The standard InChI is InChI=1S/C22H28FN3O4S/c1-15-6-7-16(2)20(12-15)26(31(5,29)30)14-21(27)25(17(3)22(28)24-4)13-18-8-10-19(23)11-9-18/h6-12,17H,13-14H2,1-5H3,(H,24,28)/t17-/m1/s1. The Labute approximate surface area is 182 Å². The van der Waals surface area contributed by atoms with Crippen LogP contribution in [0.1, 0.15) is 23.6 Å². The van der Waals surface area contributed by atoms with Gasteiger partial charge < -0.3 is 10.2 Å². The lowest BCUT2D eigenvalue weighted by Gasteiger charge is -2.31. The maximum absolute atomic E-state index is 13.3. The average molecular weight is 450 g/mol. The summed E-state index contributed by atoms with van der Waals surface area (Å²) in [6.07, 6.45) is 1.04. The molecule has 0 saturated carbocycles. The lowest BCUT2D eigenvalue weighted by molar-refractivity contribution is -0.139. The highest BCUT2D eigenvalue weighted by molar-refractivity contribution is 7.92. The number of benzene rings is 2. The van der Waals surface area contributed by atoms with Crippen LogP contribution in [0.5, 0.6) is 0 Å². The van der Waals surface area contributed by atoms with Crippen molar-refractivity contribution in [2.24, 2.45) is 0 Å². The van der Waals surface area contributed by atoms with E-state index >= 15 is 0 Å². The molecule has 0 heterocycles. The molecule has 0 saturated heterocycles. The van der Waals surface area contributed by atoms with Crippen molar-refractivity contribution >= 4 is 27.5 Å². The van der Waals surface area contributed by atoms with Crippen molar-refractivity contribution in [3.8, 4) is 0 Å². The Bertz CT molecular complexity index is 1050. The maximum atomic E-state index is 13.3. The molecule has 0 spiro atoms. The van der Waals surface area contributed by atoms with Gasteiger partial charge in [-0.1, -0.05) is 24.3 Å². The van der Waals surface area contributed by atoms with E-state index in [1.54, 1.807) is 26.0 Å². The first-order chi connectivity index (χ1) is 14.4. The highest BCUT2D eigenvalue weighted by atomic mass is 32.2. The van der Waals surface area contributed by atoms with Gasteiger partial charge in [-0.2, -0.15) is 0 Å². The van der Waals surface area contributed by atoms with Gasteiger partial charge in [0.1, 0.15) is 18.4 Å². The summed E-state index contributed by atoms with van der Waals surface area (Å²) < 4.78 is 39.4. The van der Waals surface area contributed by atoms with Crippen LogP contribution in [0, 0.1) is 19.7 Å². The van der Waals surface area contributed by atoms with Crippen molar-refractivity contribution in [3.05, 3.63) is 65.0 Å². The lowest BCUT2D eigenvalue weighted by atomic mass is 10.1. The van der Waals surface area contributed by atoms with Gasteiger partial charge in [-0.25, -0.2) is 12.8 Å². The summed E-state index contributed by atoms with van der Waals surface area (Å²) in [7, 11) is -2.32. The minimum atomic E-state index is -3.78. The van der Waals surface area contributed by atoms with E-state index in [1.165, 1.54) is 36.2 Å². The van der Waals surface area contributed by atoms with Crippen LogP contribution in [0.4, 0.5) is 10.1 Å². The third-order valence-corrected chi connectivity index (χ3v) is 6.12. The van der Waals surface area contributed by atoms with Crippen LogP contribution < -0.4 is 9.62 Å². The molecule has 9 heteroatoms. The Hall–Kier alpha value is -2.94. The van der Waals surface area contributed by atoms with E-state index in [2.05, 4.69) is 5.32 Å². The van der Waals surface area contributed by atoms with E-state index in [0.29, 0.717) is 16.8 Å². The van der Waals surface area contributed by atoms with E-state index in [1.807, 2.05) is 13.0 Å². The van der Waals surface area contributed by atoms with Crippen molar-refractivity contribution < 1.29 is 22.4 Å². The summed E-state index contributed by atoms with van der Waals surface area (Å²) in [4.78, 5) is 26.8. The van der Waals surface area contributed by atoms with Gasteiger partial charge in [-0.05, 0) is 55.7 Å². The fraction of sp³-hybridized carbons (Fsp3) is 0.364. The summed E-state index contributed by atoms with van der Waals surface area (Å²) in [5.41, 5.74) is 2.57. The zero-order valence-electron chi connectivity index (χ0n) is 18.3. The molecular weight excluding hydrogens is 421 g/mol. The third-order valence-electron chi connectivity index (χ3n) is 4.99. The number of nitrogens with zero attached hydrogens (tertiary/aromatic N) is 2. The molecule has 7 nitrogen and oxygen atoms in total. The van der Waals surface area contributed by atoms with E-state index in [0.717, 1.165) is 16.1 Å². The topological polar surface area (TPSA) is 86.8 Å². The Morgan fingerprint density at radius 2 is 1.71 bits per heavy atom. The number of hydrogen-bond acceptors (Lipinski definition) is 4. The van der Waals surface area contributed by atoms with Gasteiger partial charge in [0.05, 0.1) is 11.9 Å². The number of halogens is 1. The molecule has 0 unspecified atom stereocenters. The van der Waals surface area contributed by atoms with Crippen molar-refractivity contribution in [3.63, 3.8) is 0 Å². The van der Waals surface area contributed by atoms with E-state index in [-0.39, 0.29) is 6.54 Å². The number of nitrogens with one attached hydrogen (secondary N) is 1. The molecule has 2 aromatic carbocycles. The van der Waals surface area contributed by atoms with Gasteiger partial charge in [-0.15, -0.1) is 0 Å². The minimum Gasteiger partial charge on any atom is -0.357 e. The fourth-order valence-corrected chi connectivity index (χ4v) is 4.06. The summed E-state index contributed by atoms with van der Waals surface area (Å²) in [6, 6.07) is 10.1. The molecule has 2 aromatic rings. The third kappa shape index (κ3) is 6.27. The number of amides is 2. The number of aryl methyl sites for hydroxylation is 2. The van der Waals surface area contributed by atoms with Crippen molar-refractivity contribution in [2.45, 2.75) is 33.4 Å². The number of sulfonamides is 1. The average Bonchev–Trinajstić information content (AvgIpc) is 2.71. The summed E-state index contributed by atoms with van der Waals surface area (Å²) in [5, 5.41) is 2.50. The predicted octanol–water partition coefficient (Wildman–Crippen LogP) is 2.37. The molecule has 0 aromatic heterocycles. The summed E-state index contributed by atoms with van der Waals surface area (Å²) >= 11 is 0. The van der Waals surface area contributed by atoms with Crippen LogP contribution in [0.3, 0.4) is 0 Å². The van der Waals surface area contributed by atoms with Gasteiger partial charge >= 0.3 is 0 Å². The number of likely N-dealkylation sites (N-methyl/N-ethyl adjacent to an activating group) is 1. The number of carbonyl (C=O) groups excluding carboxylic acids is 2. The Morgan fingerprint density at radius 3 is 2.26 bits per heavy atom. The Kier molecular flexibility index (Phi) is 7.78. The quantitative estimate of drug-likeness (QED) is 0.670. The highest BCUT2D eigenvalue weighted by Gasteiger charge is 2.30. The molecule has 0 aliphatic rings. The first-order valence-corrected chi connectivity index (χ1v) is 11.6. The predicted molar refractivity (Wildman–Crippen MR) is 119 cm³/mol. The smallest absolute Gasteiger partial charge is 0.244 e. The number of anilines is 1. The van der Waals surface area contributed by atoms with E-state index in [9.17, 15) is 22.4 Å². The summed E-state index contributed by atoms with van der Waals surface area (Å²) in [6.45, 7) is 4.72. The molecule has 31 heavy (non-hydrogen) atoms. The van der Waals surface area contributed by atoms with Crippen molar-refractivity contribution in [2.75, 3.05) is 24.2 Å². The van der Waals surface area contributed by atoms with Crippen LogP contribution >= 0.6 is 0 Å². The minimum absolute atomic E-state index is 0.0259. The molecule has 2 rings (SSSR count). The second kappa shape index (κ2) is 9.91. The summed E-state index contributed by atoms with van der Waals surface area (Å²) in [5.74, 6) is -1.36. The van der Waals surface area contributed by atoms with Crippen LogP contribution in [-0.2, 0) is 26.2 Å². The molecule has 0 fully saturated rings. The first kappa shape index (κ1) is 24.3. The van der Waals surface area contributed by atoms with Gasteiger partial charge in [0, 0.05) is 13.6 Å². The largest absolute Gasteiger partial charge is 0.357 e. The van der Waals surface area contributed by atoms with Gasteiger partial charge in [0.15, 0.2) is 0 Å². The van der Waals surface area contributed by atoms with Crippen LogP contribution in [0.15, 0.2) is 42.5 Å². The second-order valence-corrected chi connectivity index (χ2v) is 9.40. The SMILES string of the molecule is CNC(=O)[C@@H](C)N(Cc1ccc(F)cc1)C(=O)CN(c1cc(C)ccc1C)S(C)(=O)=O. The first-order valence-electron chi connectivity index (χ1n) is 9.74. The molecule has 1 N–H and O–H groups in total. The van der Waals surface area contributed by atoms with Gasteiger partial charge in [-0.3, -0.25) is 13.9 Å². The molecule has 0 radical (unpaired) electrons. The molecule has 168 valence electrons. The maximum Gasteiger partial charge on any atom is 0.244 e. The zero-order valence-corrected chi connectivity index (χ0v) is 19.2. The second-order valence-electron chi connectivity index (χ2n) is 7.50. The number of carbonyl (C=O) groups is 2. The monoisotopic (exact) mass is 449 g/mol. The normalized spacial score (nSPS) is 12.2. The molecule has 0 bridgehead atoms. The van der Waals surface area contributed by atoms with Gasteiger partial charge in [0.25, 0.3) is 0 Å². The highest BCUT2D eigenvalue weighted by Crippen LogP contribution is 2.24. The van der Waals surface area contributed by atoms with Crippen LogP contribution in [-0.4, -0.2) is 51.0 Å². The number of hydrogen-bond donors (Lipinski definition) is 1. The molecule has 0 aliphatic heterocycles. The molecular formula is C22H28FN3O4S. The van der Waals surface area contributed by atoms with Crippen molar-refractivity contribution in [1.29, 1.82) is 0 Å². The molecule has 0 aliphatic carbocycles. The Balaban J connectivity index is 2.42. The van der Waals surface area contributed by atoms with E-state index < -0.39 is 40.2 Å². The van der Waals surface area contributed by atoms with E-state index in [4.69, 9.17) is 0 Å². The van der Waals surface area contributed by atoms with Crippen LogP contribution in [0.25, 0.3) is 0 Å². The van der Waals surface area contributed by atoms with Crippen molar-refractivity contribution in [1.82, 2.24) is 10.2 Å². The van der Waals surface area contributed by atoms with Crippen LogP contribution in [0.2, 0.25) is 0 Å². The Morgan fingerprint density at radius 1 is 1.10 bits per heavy atom. The zero-order chi connectivity index (χ0) is 23.3. The van der Waals surface area contributed by atoms with Gasteiger partial charge in [0.2, 0.25) is 21.8 Å². The molecule has 2 amide bonds. The number of rotatable bonds is 8.